The summed E-state index contributed by atoms with van der Waals surface area (Å²) in [6.45, 7) is 2.67. The minimum absolute atomic E-state index is 0.185. The number of H-pyrrole nitrogens is 1. The molecule has 146 valence electrons. The first kappa shape index (κ1) is 19.5. The first-order chi connectivity index (χ1) is 14.1. The Bertz CT molecular complexity index is 1180. The number of hydrogen-bond donors (Lipinski definition) is 3. The molecule has 3 heterocycles. The van der Waals surface area contributed by atoms with Gasteiger partial charge in [0.1, 0.15) is 23.0 Å². The van der Waals surface area contributed by atoms with Gasteiger partial charge in [-0.2, -0.15) is 10.4 Å². The van der Waals surface area contributed by atoms with E-state index in [4.69, 9.17) is 15.6 Å². The number of rotatable bonds is 4. The Labute approximate surface area is 165 Å². The maximum atomic E-state index is 9.43. The van der Waals surface area contributed by atoms with Crippen LogP contribution in [0.15, 0.2) is 36.5 Å². The molecule has 0 aliphatic carbocycles. The van der Waals surface area contributed by atoms with Gasteiger partial charge < -0.3 is 10.8 Å². The lowest BCUT2D eigenvalue weighted by Gasteiger charge is -2.09. The van der Waals surface area contributed by atoms with E-state index in [9.17, 15) is 5.26 Å². The summed E-state index contributed by atoms with van der Waals surface area (Å²) in [5.74, 6) is 0.185. The predicted octanol–water partition coefficient (Wildman–Crippen LogP) is 2.45. The summed E-state index contributed by atoms with van der Waals surface area (Å²) in [4.78, 5) is 12.8. The molecule has 3 aromatic heterocycles. The van der Waals surface area contributed by atoms with Crippen LogP contribution >= 0.6 is 0 Å². The zero-order valence-electron chi connectivity index (χ0n) is 15.6. The largest absolute Gasteiger partial charge is 0.483 e. The molecule has 0 bridgehead atoms. The fraction of sp³-hybridized carbons (Fsp3) is 0.158. The topological polar surface area (TPSA) is 159 Å². The van der Waals surface area contributed by atoms with Crippen molar-refractivity contribution in [2.24, 2.45) is 0 Å². The Balaban J connectivity index is 0.000000755. The maximum absolute atomic E-state index is 9.43. The number of fused-ring (bicyclic) bond motifs is 1. The van der Waals surface area contributed by atoms with E-state index in [1.54, 1.807) is 12.3 Å². The summed E-state index contributed by atoms with van der Waals surface area (Å²) in [5, 5.41) is 31.6. The van der Waals surface area contributed by atoms with E-state index in [0.717, 1.165) is 29.6 Å². The van der Waals surface area contributed by atoms with Crippen LogP contribution in [0.2, 0.25) is 0 Å². The van der Waals surface area contributed by atoms with Crippen LogP contribution in [0.5, 0.6) is 0 Å². The summed E-state index contributed by atoms with van der Waals surface area (Å²) in [6.07, 6.45) is 2.62. The smallest absolute Gasteiger partial charge is 0.290 e. The van der Waals surface area contributed by atoms with Crippen molar-refractivity contribution in [2.45, 2.75) is 19.9 Å². The molecular weight excluding hydrogens is 372 g/mol. The van der Waals surface area contributed by atoms with Crippen LogP contribution in [0, 0.1) is 11.3 Å². The van der Waals surface area contributed by atoms with Gasteiger partial charge in [-0.15, -0.1) is 5.10 Å². The van der Waals surface area contributed by atoms with Crippen LogP contribution in [0.3, 0.4) is 0 Å². The van der Waals surface area contributed by atoms with Crippen LogP contribution in [-0.2, 0) is 11.3 Å². The fourth-order valence-corrected chi connectivity index (χ4v) is 2.96. The third-order valence-electron chi connectivity index (χ3n) is 4.20. The lowest BCUT2D eigenvalue weighted by Crippen LogP contribution is -2.00. The molecule has 0 fully saturated rings. The molecule has 0 spiro atoms. The molecule has 0 saturated carbocycles. The molecule has 0 saturated heterocycles. The summed E-state index contributed by atoms with van der Waals surface area (Å²) in [5.41, 5.74) is 11.0. The van der Waals surface area contributed by atoms with Gasteiger partial charge in [-0.1, -0.05) is 18.2 Å². The lowest BCUT2D eigenvalue weighted by molar-refractivity contribution is -0.122. The predicted molar refractivity (Wildman–Crippen MR) is 106 cm³/mol. The number of nitrogens with zero attached hydrogens (tertiary/aromatic N) is 6. The highest BCUT2D eigenvalue weighted by Crippen LogP contribution is 2.31. The van der Waals surface area contributed by atoms with Crippen molar-refractivity contribution >= 4 is 23.3 Å². The van der Waals surface area contributed by atoms with E-state index < -0.39 is 0 Å². The number of aryl methyl sites for hydroxylation is 1. The van der Waals surface area contributed by atoms with Gasteiger partial charge in [0.15, 0.2) is 0 Å². The van der Waals surface area contributed by atoms with Gasteiger partial charge in [-0.3, -0.25) is 9.89 Å². The Hall–Kier alpha value is -4.26. The number of anilines is 1. The minimum Gasteiger partial charge on any atom is -0.483 e. The number of nitriles is 1. The molecule has 29 heavy (non-hydrogen) atoms. The second-order valence-electron chi connectivity index (χ2n) is 6.02. The van der Waals surface area contributed by atoms with Crippen molar-refractivity contribution in [1.29, 1.82) is 5.26 Å². The number of pyridine rings is 1. The number of hydrogen-bond acceptors (Lipinski definition) is 7. The summed E-state index contributed by atoms with van der Waals surface area (Å²) in [7, 11) is 0. The van der Waals surface area contributed by atoms with Gasteiger partial charge in [-0.05, 0) is 30.7 Å². The molecule has 0 aliphatic heterocycles. The van der Waals surface area contributed by atoms with E-state index in [1.807, 2.05) is 28.9 Å². The fourth-order valence-electron chi connectivity index (χ4n) is 2.96. The second kappa shape index (κ2) is 8.62. The van der Waals surface area contributed by atoms with E-state index in [-0.39, 0.29) is 12.3 Å². The van der Waals surface area contributed by atoms with Gasteiger partial charge in [-0.25, -0.2) is 9.67 Å². The number of nitrogens with one attached hydrogen (secondary N) is 1. The zero-order valence-corrected chi connectivity index (χ0v) is 15.6. The van der Waals surface area contributed by atoms with Gasteiger partial charge in [0.25, 0.3) is 6.47 Å². The number of aromatic amines is 1. The molecule has 0 aliphatic rings. The Morgan fingerprint density at radius 1 is 1.34 bits per heavy atom. The monoisotopic (exact) mass is 390 g/mol. The van der Waals surface area contributed by atoms with Crippen molar-refractivity contribution in [3.8, 4) is 28.6 Å². The third-order valence-corrected chi connectivity index (χ3v) is 4.20. The molecule has 4 N–H and O–H groups in total. The molecule has 4 aromatic rings. The van der Waals surface area contributed by atoms with Crippen LogP contribution in [0.1, 0.15) is 18.9 Å². The molecular formula is C19H18N8O2. The highest BCUT2D eigenvalue weighted by atomic mass is 16.3. The molecule has 0 amide bonds. The average molecular weight is 390 g/mol. The van der Waals surface area contributed by atoms with E-state index in [1.165, 1.54) is 0 Å². The Kier molecular flexibility index (Phi) is 5.80. The van der Waals surface area contributed by atoms with Crippen molar-refractivity contribution in [3.05, 3.63) is 42.1 Å². The number of aromatic nitrogens is 6. The van der Waals surface area contributed by atoms with Crippen LogP contribution in [-0.4, -0.2) is 41.8 Å². The van der Waals surface area contributed by atoms with Crippen molar-refractivity contribution < 1.29 is 9.90 Å². The normalized spacial score (nSPS) is 10.2. The Morgan fingerprint density at radius 2 is 2.14 bits per heavy atom. The SMILES string of the molecule is CCCn1nnc2cc(-c3cc(-c4ccn[nH]4)c(C#N)c(N)n3)ccc21.O=CO. The standard InChI is InChI=1S/C18H16N8.CH2O2/c1-2-7-26-17-4-3-11(8-16(17)24-25-26)15-9-12(14-5-6-21-23-14)13(10-19)18(20)22-15;2-1-3/h3-6,8-9H,2,7H2,1H3,(H2,20,22)(H,21,23);1H,(H,2,3). The number of carboxylic acid groups (broad SMARTS) is 1. The first-order valence-corrected chi connectivity index (χ1v) is 8.74. The summed E-state index contributed by atoms with van der Waals surface area (Å²) in [6, 6.07) is 11.6. The molecule has 10 nitrogen and oxygen atoms in total. The highest BCUT2D eigenvalue weighted by molar-refractivity contribution is 5.83. The Morgan fingerprint density at radius 3 is 2.79 bits per heavy atom. The van der Waals surface area contributed by atoms with Gasteiger partial charge in [0.05, 0.1) is 16.9 Å². The first-order valence-electron chi connectivity index (χ1n) is 8.74. The van der Waals surface area contributed by atoms with Crippen LogP contribution < -0.4 is 5.73 Å². The molecule has 10 heteroatoms. The molecule has 0 atom stereocenters. The quantitative estimate of drug-likeness (QED) is 0.448. The maximum Gasteiger partial charge on any atom is 0.290 e. The molecule has 0 unspecified atom stereocenters. The van der Waals surface area contributed by atoms with Gasteiger partial charge in [0.2, 0.25) is 0 Å². The van der Waals surface area contributed by atoms with Crippen LogP contribution in [0.25, 0.3) is 33.5 Å². The van der Waals surface area contributed by atoms with Gasteiger partial charge >= 0.3 is 0 Å². The van der Waals surface area contributed by atoms with E-state index >= 15 is 0 Å². The second-order valence-corrected chi connectivity index (χ2v) is 6.02. The zero-order chi connectivity index (χ0) is 20.8. The number of nitrogens with two attached hydrogens (primary N) is 1. The minimum atomic E-state index is -0.250. The van der Waals surface area contributed by atoms with E-state index in [2.05, 4.69) is 38.5 Å². The highest BCUT2D eigenvalue weighted by Gasteiger charge is 2.15. The number of nitrogen functional groups attached to an aromatic ring is 1. The molecule has 0 radical (unpaired) electrons. The summed E-state index contributed by atoms with van der Waals surface area (Å²) < 4.78 is 1.88. The number of carbonyl (C=O) groups is 1. The average Bonchev–Trinajstić information content (AvgIpc) is 3.38. The molecule has 4 rings (SSSR count). The lowest BCUT2D eigenvalue weighted by atomic mass is 10.0. The third kappa shape index (κ3) is 3.89. The van der Waals surface area contributed by atoms with Crippen molar-refractivity contribution in [3.63, 3.8) is 0 Å². The molecule has 1 aromatic carbocycles. The van der Waals surface area contributed by atoms with Crippen molar-refractivity contribution in [2.75, 3.05) is 5.73 Å². The summed E-state index contributed by atoms with van der Waals surface area (Å²) >= 11 is 0. The van der Waals surface area contributed by atoms with E-state index in [0.29, 0.717) is 22.5 Å². The van der Waals surface area contributed by atoms with Gasteiger partial charge in [0, 0.05) is 23.9 Å². The number of benzene rings is 1. The van der Waals surface area contributed by atoms with Crippen molar-refractivity contribution in [1.82, 2.24) is 30.2 Å². The van der Waals surface area contributed by atoms with Crippen LogP contribution in [0.4, 0.5) is 5.82 Å².